The third-order valence-corrected chi connectivity index (χ3v) is 9.54. The van der Waals surface area contributed by atoms with Crippen molar-refractivity contribution < 1.29 is 4.79 Å². The number of aromatic nitrogens is 2. The Balaban J connectivity index is 1.45. The summed E-state index contributed by atoms with van der Waals surface area (Å²) in [6.07, 6.45) is 18.0. The first-order valence-electron chi connectivity index (χ1n) is 11.7. The maximum absolute atomic E-state index is 13.5. The molecule has 0 saturated heterocycles. The Morgan fingerprint density at radius 3 is 2.79 bits per heavy atom. The highest BCUT2D eigenvalue weighted by Crippen LogP contribution is 2.66. The highest BCUT2D eigenvalue weighted by atomic mass is 16.1. The smallest absolute Gasteiger partial charge is 0.165 e. The van der Waals surface area contributed by atoms with Crippen LogP contribution in [0, 0.1) is 34.5 Å². The largest absolute Gasteiger partial charge is 0.294 e. The zero-order chi connectivity index (χ0) is 19.5. The van der Waals surface area contributed by atoms with Crippen molar-refractivity contribution in [2.75, 3.05) is 0 Å². The van der Waals surface area contributed by atoms with Gasteiger partial charge in [-0.2, -0.15) is 5.10 Å². The monoisotopic (exact) mass is 380 g/mol. The molecule has 0 unspecified atom stereocenters. The molecule has 0 bridgehead atoms. The minimum atomic E-state index is -0.119. The lowest BCUT2D eigenvalue weighted by atomic mass is 9.45. The van der Waals surface area contributed by atoms with Crippen LogP contribution >= 0.6 is 0 Å². The van der Waals surface area contributed by atoms with Gasteiger partial charge in [-0.05, 0) is 92.6 Å². The molecule has 28 heavy (non-hydrogen) atoms. The summed E-state index contributed by atoms with van der Waals surface area (Å²) in [5.74, 6) is 3.55. The van der Waals surface area contributed by atoms with Crippen molar-refractivity contribution in [2.24, 2.45) is 34.5 Å². The molecule has 1 aromatic heterocycles. The zero-order valence-corrected chi connectivity index (χ0v) is 17.9. The molecule has 0 N–H and O–H groups in total. The Morgan fingerprint density at radius 2 is 2.00 bits per heavy atom. The van der Waals surface area contributed by atoms with E-state index in [1.807, 2.05) is 10.9 Å². The number of nitrogens with zero attached hydrogens (tertiary/aromatic N) is 2. The molecule has 3 nitrogen and oxygen atoms in total. The molecule has 4 aliphatic carbocycles. The molecular weight excluding hydrogens is 344 g/mol. The van der Waals surface area contributed by atoms with Gasteiger partial charge in [-0.1, -0.05) is 26.7 Å². The van der Waals surface area contributed by atoms with E-state index in [9.17, 15) is 4.79 Å². The summed E-state index contributed by atoms with van der Waals surface area (Å²) < 4.78 is 1.95. The average molecular weight is 381 g/mol. The topological polar surface area (TPSA) is 34.9 Å². The summed E-state index contributed by atoms with van der Waals surface area (Å²) in [5, 5.41) is 4.39. The molecule has 1 heterocycles. The van der Waals surface area contributed by atoms with E-state index >= 15 is 0 Å². The normalized spacial score (nSPS) is 44.2. The lowest BCUT2D eigenvalue weighted by molar-refractivity contribution is -0.137. The average Bonchev–Trinajstić information content (AvgIpc) is 3.25. The first kappa shape index (κ1) is 18.6. The van der Waals surface area contributed by atoms with Crippen molar-refractivity contribution in [3.05, 3.63) is 23.5 Å². The van der Waals surface area contributed by atoms with E-state index in [-0.39, 0.29) is 5.41 Å². The van der Waals surface area contributed by atoms with Gasteiger partial charge in [-0.25, -0.2) is 0 Å². The number of hydrogen-bond acceptors (Lipinski definition) is 2. The molecule has 4 saturated carbocycles. The maximum atomic E-state index is 13.5. The number of ketones is 1. The van der Waals surface area contributed by atoms with E-state index in [0.717, 1.165) is 48.3 Å². The molecule has 0 aromatic carbocycles. The quantitative estimate of drug-likeness (QED) is 0.599. The summed E-state index contributed by atoms with van der Waals surface area (Å²) in [6, 6.07) is 0. The second-order valence-electron chi connectivity index (χ2n) is 10.7. The van der Waals surface area contributed by atoms with Gasteiger partial charge in [-0.3, -0.25) is 9.48 Å². The van der Waals surface area contributed by atoms with Crippen molar-refractivity contribution in [3.8, 4) is 0 Å². The third kappa shape index (κ3) is 2.60. The standard InChI is InChI=1S/C25H36N2O/c1-4-27-16-17(15-26-27)13-18-14-22-20-9-8-19-7-5-6-11-24(19,2)21(20)10-12-25(22,3)23(18)28/h13,15-16,19-22H,4-12,14H2,1-3H3/b18-13-/t19-,20+,21-,22-,24+,25+/m1/s1. The van der Waals surface area contributed by atoms with Gasteiger partial charge < -0.3 is 0 Å². The summed E-state index contributed by atoms with van der Waals surface area (Å²) >= 11 is 0. The number of hydrogen-bond donors (Lipinski definition) is 0. The van der Waals surface area contributed by atoms with Crippen molar-refractivity contribution in [1.29, 1.82) is 0 Å². The van der Waals surface area contributed by atoms with Crippen LogP contribution in [0.2, 0.25) is 0 Å². The number of Topliss-reactive ketones (excluding diaryl/α,β-unsaturated/α-hetero) is 1. The molecule has 6 atom stereocenters. The van der Waals surface area contributed by atoms with Crippen LogP contribution in [0.3, 0.4) is 0 Å². The van der Waals surface area contributed by atoms with E-state index < -0.39 is 0 Å². The van der Waals surface area contributed by atoms with Gasteiger partial charge in [-0.15, -0.1) is 0 Å². The van der Waals surface area contributed by atoms with E-state index in [0.29, 0.717) is 17.1 Å². The second-order valence-corrected chi connectivity index (χ2v) is 10.7. The van der Waals surface area contributed by atoms with Gasteiger partial charge >= 0.3 is 0 Å². The van der Waals surface area contributed by atoms with Gasteiger partial charge in [0.15, 0.2) is 5.78 Å². The maximum Gasteiger partial charge on any atom is 0.165 e. The van der Waals surface area contributed by atoms with Crippen molar-refractivity contribution in [1.82, 2.24) is 9.78 Å². The molecule has 0 spiro atoms. The third-order valence-electron chi connectivity index (χ3n) is 9.54. The molecule has 4 aliphatic rings. The van der Waals surface area contributed by atoms with Gasteiger partial charge in [0.1, 0.15) is 0 Å². The van der Waals surface area contributed by atoms with Crippen LogP contribution in [0.1, 0.15) is 84.1 Å². The number of fused-ring (bicyclic) bond motifs is 5. The van der Waals surface area contributed by atoms with Crippen molar-refractivity contribution in [3.63, 3.8) is 0 Å². The predicted molar refractivity (Wildman–Crippen MR) is 113 cm³/mol. The molecular formula is C25H36N2O. The van der Waals surface area contributed by atoms with E-state index in [1.54, 1.807) is 0 Å². The number of allylic oxidation sites excluding steroid dienone is 1. The zero-order valence-electron chi connectivity index (χ0n) is 17.9. The molecule has 1 aromatic rings. The molecule has 0 amide bonds. The Bertz CT molecular complexity index is 807. The van der Waals surface area contributed by atoms with Gasteiger partial charge in [0, 0.05) is 23.7 Å². The lowest BCUT2D eigenvalue weighted by Crippen LogP contribution is -2.52. The van der Waals surface area contributed by atoms with Crippen LogP contribution in [-0.4, -0.2) is 15.6 Å². The van der Waals surface area contributed by atoms with Crippen LogP contribution in [0.4, 0.5) is 0 Å². The fraction of sp³-hybridized carbons (Fsp3) is 0.760. The fourth-order valence-corrected chi connectivity index (χ4v) is 7.92. The molecule has 5 rings (SSSR count). The Kier molecular flexibility index (Phi) is 4.37. The van der Waals surface area contributed by atoms with Gasteiger partial charge in [0.25, 0.3) is 0 Å². The molecule has 0 radical (unpaired) electrons. The predicted octanol–water partition coefficient (Wildman–Crippen LogP) is 5.90. The van der Waals surface area contributed by atoms with Crippen LogP contribution in [0.15, 0.2) is 18.0 Å². The molecule has 0 aliphatic heterocycles. The number of rotatable bonds is 2. The Morgan fingerprint density at radius 1 is 1.14 bits per heavy atom. The lowest BCUT2D eigenvalue weighted by Gasteiger charge is -2.59. The first-order valence-corrected chi connectivity index (χ1v) is 11.7. The number of carbonyl (C=O) groups excluding carboxylic acids is 1. The Labute approximate surface area is 170 Å². The van der Waals surface area contributed by atoms with Crippen LogP contribution in [0.5, 0.6) is 0 Å². The minimum Gasteiger partial charge on any atom is -0.294 e. The van der Waals surface area contributed by atoms with E-state index in [4.69, 9.17) is 0 Å². The highest BCUT2D eigenvalue weighted by Gasteiger charge is 2.60. The fourth-order valence-electron chi connectivity index (χ4n) is 7.92. The van der Waals surface area contributed by atoms with E-state index in [1.165, 1.54) is 44.9 Å². The van der Waals surface area contributed by atoms with E-state index in [2.05, 4.69) is 38.1 Å². The number of aryl methyl sites for hydroxylation is 1. The van der Waals surface area contributed by atoms with Crippen LogP contribution in [0.25, 0.3) is 6.08 Å². The van der Waals surface area contributed by atoms with Crippen molar-refractivity contribution in [2.45, 2.75) is 85.1 Å². The SMILES string of the molecule is CCn1cc(/C=C2/C[C@@H]3[C@H]4CC[C@H]5CCCC[C@]5(C)[C@@H]4CC[C@]3(C)C2=O)cn1. The molecule has 3 heteroatoms. The summed E-state index contributed by atoms with van der Waals surface area (Å²) in [6.45, 7) is 7.88. The number of carbonyl (C=O) groups is 1. The van der Waals surface area contributed by atoms with Gasteiger partial charge in [0.05, 0.1) is 6.20 Å². The second kappa shape index (κ2) is 6.57. The Hall–Kier alpha value is -1.38. The molecule has 4 fully saturated rings. The van der Waals surface area contributed by atoms with Gasteiger partial charge in [0.2, 0.25) is 0 Å². The van der Waals surface area contributed by atoms with Crippen LogP contribution < -0.4 is 0 Å². The summed E-state index contributed by atoms with van der Waals surface area (Å²) in [7, 11) is 0. The van der Waals surface area contributed by atoms with Crippen LogP contribution in [-0.2, 0) is 11.3 Å². The first-order chi connectivity index (χ1) is 13.5. The van der Waals surface area contributed by atoms with Crippen molar-refractivity contribution >= 4 is 11.9 Å². The summed E-state index contributed by atoms with van der Waals surface area (Å²) in [5.41, 5.74) is 2.58. The summed E-state index contributed by atoms with van der Waals surface area (Å²) in [4.78, 5) is 13.5. The minimum absolute atomic E-state index is 0.119. The molecule has 152 valence electrons. The highest BCUT2D eigenvalue weighted by molar-refractivity contribution is 6.05.